The Morgan fingerprint density at radius 1 is 0.893 bits per heavy atom. The number of anilines is 1. The molecule has 0 fully saturated rings. The number of imidazole rings is 1. The number of pyridine rings is 2. The molecule has 3 aromatic heterocycles. The molecule has 4 aromatic rings. The standard InChI is InChI=1S/C23H25N5/c1-5-27(6-2)19-7-9-20(10-8-19)28-17(4)25-22-12-11-21(26-23(22)28)18-13-14-24-16(3)15-18/h7-15H,5-6H2,1-4H3. The van der Waals surface area contributed by atoms with Crippen LogP contribution in [0.1, 0.15) is 25.4 Å². The maximum Gasteiger partial charge on any atom is 0.165 e. The highest BCUT2D eigenvalue weighted by molar-refractivity contribution is 5.78. The van der Waals surface area contributed by atoms with E-state index >= 15 is 0 Å². The molecule has 0 N–H and O–H groups in total. The predicted octanol–water partition coefficient (Wildman–Crippen LogP) is 4.95. The molecule has 0 amide bonds. The Morgan fingerprint density at radius 3 is 2.32 bits per heavy atom. The summed E-state index contributed by atoms with van der Waals surface area (Å²) in [5, 5.41) is 0. The Morgan fingerprint density at radius 2 is 1.64 bits per heavy atom. The number of aryl methyl sites for hydroxylation is 2. The van der Waals surface area contributed by atoms with Crippen molar-refractivity contribution < 1.29 is 0 Å². The molecule has 0 unspecified atom stereocenters. The van der Waals surface area contributed by atoms with Gasteiger partial charge in [-0.15, -0.1) is 0 Å². The van der Waals surface area contributed by atoms with Crippen molar-refractivity contribution in [2.75, 3.05) is 18.0 Å². The van der Waals surface area contributed by atoms with Crippen LogP contribution in [-0.4, -0.2) is 32.6 Å². The lowest BCUT2D eigenvalue weighted by Gasteiger charge is -2.21. The molecule has 4 rings (SSSR count). The molecule has 0 aliphatic rings. The molecule has 28 heavy (non-hydrogen) atoms. The predicted molar refractivity (Wildman–Crippen MR) is 115 cm³/mol. The van der Waals surface area contributed by atoms with Gasteiger partial charge in [-0.1, -0.05) is 0 Å². The summed E-state index contributed by atoms with van der Waals surface area (Å²) in [7, 11) is 0. The first kappa shape index (κ1) is 18.2. The Bertz CT molecular complexity index is 1110. The lowest BCUT2D eigenvalue weighted by Crippen LogP contribution is -2.21. The topological polar surface area (TPSA) is 46.8 Å². The summed E-state index contributed by atoms with van der Waals surface area (Å²) in [5.41, 5.74) is 7.06. The minimum atomic E-state index is 0.875. The zero-order valence-electron chi connectivity index (χ0n) is 16.8. The Balaban J connectivity index is 1.80. The van der Waals surface area contributed by atoms with E-state index in [2.05, 4.69) is 58.6 Å². The fraction of sp³-hybridized carbons (Fsp3) is 0.261. The fourth-order valence-corrected chi connectivity index (χ4v) is 3.65. The second kappa shape index (κ2) is 7.43. The van der Waals surface area contributed by atoms with Gasteiger partial charge in [-0.05, 0) is 76.2 Å². The van der Waals surface area contributed by atoms with Crippen LogP contribution < -0.4 is 4.90 Å². The third-order valence-electron chi connectivity index (χ3n) is 5.10. The first-order chi connectivity index (χ1) is 13.6. The van der Waals surface area contributed by atoms with Crippen molar-refractivity contribution in [3.05, 3.63) is 66.2 Å². The summed E-state index contributed by atoms with van der Waals surface area (Å²) < 4.78 is 2.12. The van der Waals surface area contributed by atoms with Gasteiger partial charge < -0.3 is 4.90 Å². The van der Waals surface area contributed by atoms with E-state index in [1.165, 1.54) is 5.69 Å². The van der Waals surface area contributed by atoms with Gasteiger partial charge in [-0.25, -0.2) is 9.97 Å². The van der Waals surface area contributed by atoms with Crippen LogP contribution in [0.25, 0.3) is 28.1 Å². The highest BCUT2D eigenvalue weighted by Gasteiger charge is 2.13. The number of rotatable bonds is 5. The van der Waals surface area contributed by atoms with Crippen LogP contribution in [0.4, 0.5) is 5.69 Å². The van der Waals surface area contributed by atoms with Crippen LogP contribution in [0.2, 0.25) is 0 Å². The molecule has 0 bridgehead atoms. The second-order valence-corrected chi connectivity index (χ2v) is 6.91. The van der Waals surface area contributed by atoms with E-state index in [0.29, 0.717) is 0 Å². The number of hydrogen-bond donors (Lipinski definition) is 0. The molecule has 5 heteroatoms. The molecule has 142 valence electrons. The molecule has 0 saturated heterocycles. The van der Waals surface area contributed by atoms with Crippen LogP contribution in [0.3, 0.4) is 0 Å². The maximum atomic E-state index is 4.94. The van der Waals surface area contributed by atoms with Gasteiger partial charge in [0, 0.05) is 41.9 Å². The third-order valence-corrected chi connectivity index (χ3v) is 5.10. The van der Waals surface area contributed by atoms with Crippen LogP contribution >= 0.6 is 0 Å². The summed E-state index contributed by atoms with van der Waals surface area (Å²) in [4.78, 5) is 16.3. The SMILES string of the molecule is CCN(CC)c1ccc(-n2c(C)nc3ccc(-c4ccnc(C)c4)nc32)cc1. The summed E-state index contributed by atoms with van der Waals surface area (Å²) in [6, 6.07) is 16.7. The van der Waals surface area contributed by atoms with E-state index in [4.69, 9.17) is 9.97 Å². The van der Waals surface area contributed by atoms with E-state index in [-0.39, 0.29) is 0 Å². The molecular formula is C23H25N5. The van der Waals surface area contributed by atoms with Gasteiger partial charge in [0.15, 0.2) is 5.65 Å². The fourth-order valence-electron chi connectivity index (χ4n) is 3.65. The van der Waals surface area contributed by atoms with Crippen molar-refractivity contribution in [3.63, 3.8) is 0 Å². The summed E-state index contributed by atoms with van der Waals surface area (Å²) in [6.45, 7) is 10.4. The third kappa shape index (κ3) is 3.24. The van der Waals surface area contributed by atoms with Gasteiger partial charge >= 0.3 is 0 Å². The molecule has 0 spiro atoms. The summed E-state index contributed by atoms with van der Waals surface area (Å²) in [5.74, 6) is 0.932. The minimum absolute atomic E-state index is 0.875. The Hall–Kier alpha value is -3.21. The molecule has 0 saturated carbocycles. The van der Waals surface area contributed by atoms with Crippen LogP contribution in [0, 0.1) is 13.8 Å². The average Bonchev–Trinajstić information content (AvgIpc) is 3.04. The molecule has 0 aliphatic carbocycles. The first-order valence-corrected chi connectivity index (χ1v) is 9.75. The molecule has 3 heterocycles. The molecule has 0 atom stereocenters. The Kier molecular flexibility index (Phi) is 4.82. The van der Waals surface area contributed by atoms with Gasteiger partial charge in [0.25, 0.3) is 0 Å². The molecule has 0 radical (unpaired) electrons. The zero-order chi connectivity index (χ0) is 19.7. The lowest BCUT2D eigenvalue weighted by atomic mass is 10.1. The van der Waals surface area contributed by atoms with Crippen molar-refractivity contribution in [1.82, 2.24) is 19.5 Å². The summed E-state index contributed by atoms with van der Waals surface area (Å²) in [6.07, 6.45) is 1.82. The molecule has 0 aliphatic heterocycles. The summed E-state index contributed by atoms with van der Waals surface area (Å²) >= 11 is 0. The zero-order valence-corrected chi connectivity index (χ0v) is 16.8. The van der Waals surface area contributed by atoms with E-state index in [1.54, 1.807) is 0 Å². The van der Waals surface area contributed by atoms with Gasteiger partial charge in [0.1, 0.15) is 11.3 Å². The number of aromatic nitrogens is 4. The van der Waals surface area contributed by atoms with Crippen molar-refractivity contribution in [3.8, 4) is 16.9 Å². The minimum Gasteiger partial charge on any atom is -0.372 e. The normalized spacial score (nSPS) is 11.1. The smallest absolute Gasteiger partial charge is 0.165 e. The van der Waals surface area contributed by atoms with E-state index < -0.39 is 0 Å². The monoisotopic (exact) mass is 371 g/mol. The number of benzene rings is 1. The molecule has 1 aromatic carbocycles. The second-order valence-electron chi connectivity index (χ2n) is 6.91. The van der Waals surface area contributed by atoms with E-state index in [9.17, 15) is 0 Å². The number of hydrogen-bond acceptors (Lipinski definition) is 4. The van der Waals surface area contributed by atoms with Gasteiger partial charge in [0.05, 0.1) is 5.69 Å². The average molecular weight is 371 g/mol. The van der Waals surface area contributed by atoms with Gasteiger partial charge in [-0.2, -0.15) is 0 Å². The highest BCUT2D eigenvalue weighted by Crippen LogP contribution is 2.25. The largest absolute Gasteiger partial charge is 0.372 e. The lowest BCUT2D eigenvalue weighted by molar-refractivity contribution is 0.865. The van der Waals surface area contributed by atoms with Gasteiger partial charge in [-0.3, -0.25) is 9.55 Å². The van der Waals surface area contributed by atoms with Gasteiger partial charge in [0.2, 0.25) is 0 Å². The maximum absolute atomic E-state index is 4.94. The van der Waals surface area contributed by atoms with Crippen molar-refractivity contribution in [2.24, 2.45) is 0 Å². The van der Waals surface area contributed by atoms with Crippen LogP contribution in [0.5, 0.6) is 0 Å². The van der Waals surface area contributed by atoms with Crippen molar-refractivity contribution >= 4 is 16.9 Å². The molecule has 5 nitrogen and oxygen atoms in total. The van der Waals surface area contributed by atoms with Crippen LogP contribution in [-0.2, 0) is 0 Å². The number of fused-ring (bicyclic) bond motifs is 1. The number of nitrogens with zero attached hydrogens (tertiary/aromatic N) is 5. The van der Waals surface area contributed by atoms with E-state index in [0.717, 1.165) is 52.7 Å². The van der Waals surface area contributed by atoms with Crippen molar-refractivity contribution in [2.45, 2.75) is 27.7 Å². The van der Waals surface area contributed by atoms with E-state index in [1.807, 2.05) is 38.2 Å². The van der Waals surface area contributed by atoms with Crippen LogP contribution in [0.15, 0.2) is 54.7 Å². The highest BCUT2D eigenvalue weighted by atomic mass is 15.1. The molecular weight excluding hydrogens is 346 g/mol. The Labute approximate surface area is 165 Å². The van der Waals surface area contributed by atoms with Crippen molar-refractivity contribution in [1.29, 1.82) is 0 Å². The first-order valence-electron chi connectivity index (χ1n) is 9.75. The quantitative estimate of drug-likeness (QED) is 0.498.